The lowest BCUT2D eigenvalue weighted by atomic mass is 10.1. The fraction of sp³-hybridized carbons (Fsp3) is 0.250. The average molecular weight is 331 g/mol. The molecule has 0 aliphatic heterocycles. The summed E-state index contributed by atoms with van der Waals surface area (Å²) >= 11 is 0. The highest BCUT2D eigenvalue weighted by Gasteiger charge is 2.15. The van der Waals surface area contributed by atoms with Crippen LogP contribution in [-0.4, -0.2) is 52.9 Å². The van der Waals surface area contributed by atoms with E-state index < -0.39 is 23.2 Å². The molecular weight excluding hydrogens is 314 g/mol. The minimum atomic E-state index is -1.01. The van der Waals surface area contributed by atoms with Crippen LogP contribution in [0.25, 0.3) is 10.9 Å². The number of aromatic amines is 1. The Morgan fingerprint density at radius 3 is 2.67 bits per heavy atom. The number of carbonyl (C=O) groups is 3. The van der Waals surface area contributed by atoms with Crippen molar-refractivity contribution in [1.29, 1.82) is 0 Å². The minimum Gasteiger partial charge on any atom is -0.481 e. The Hall–Kier alpha value is -3.16. The van der Waals surface area contributed by atoms with Crippen LogP contribution in [0.2, 0.25) is 0 Å². The fourth-order valence-electron chi connectivity index (χ4n) is 2.11. The summed E-state index contributed by atoms with van der Waals surface area (Å²) in [5.74, 6) is -2.12. The zero-order chi connectivity index (χ0) is 17.7. The van der Waals surface area contributed by atoms with Crippen LogP contribution in [0.3, 0.4) is 0 Å². The number of aromatic nitrogens is 1. The van der Waals surface area contributed by atoms with E-state index in [1.165, 1.54) is 18.1 Å². The summed E-state index contributed by atoms with van der Waals surface area (Å²) in [6.07, 6.45) is 1.12. The second-order valence-electron chi connectivity index (χ2n) is 5.22. The standard InChI is InChI=1S/C16H17N3O5/c1-19(7-6-14(21)22)13(20)9-18-16(24)11-8-17-12-5-3-2-4-10(12)15(11)23/h2-5,8H,6-7,9H2,1H3,(H,17,23)(H,18,24)(H,21,22). The molecule has 0 atom stereocenters. The van der Waals surface area contributed by atoms with E-state index in [1.54, 1.807) is 24.3 Å². The lowest BCUT2D eigenvalue weighted by Crippen LogP contribution is -2.40. The lowest BCUT2D eigenvalue weighted by Gasteiger charge is -2.16. The number of rotatable bonds is 6. The van der Waals surface area contributed by atoms with Gasteiger partial charge in [-0.25, -0.2) is 0 Å². The third-order valence-corrected chi connectivity index (χ3v) is 3.52. The van der Waals surface area contributed by atoms with Crippen molar-refractivity contribution in [3.8, 4) is 0 Å². The monoisotopic (exact) mass is 331 g/mol. The van der Waals surface area contributed by atoms with Gasteiger partial charge >= 0.3 is 5.97 Å². The zero-order valence-electron chi connectivity index (χ0n) is 13.0. The van der Waals surface area contributed by atoms with Crippen LogP contribution in [0.5, 0.6) is 0 Å². The molecule has 1 aromatic heterocycles. The molecule has 0 aliphatic carbocycles. The number of para-hydroxylation sites is 1. The van der Waals surface area contributed by atoms with E-state index in [0.717, 1.165) is 0 Å². The maximum absolute atomic E-state index is 12.3. The Kier molecular flexibility index (Phi) is 5.31. The van der Waals surface area contributed by atoms with Gasteiger partial charge in [0.25, 0.3) is 5.91 Å². The van der Waals surface area contributed by atoms with Crippen LogP contribution in [0.15, 0.2) is 35.3 Å². The first-order chi connectivity index (χ1) is 11.4. The predicted octanol–water partition coefficient (Wildman–Crippen LogP) is 0.191. The van der Waals surface area contributed by atoms with Crippen molar-refractivity contribution >= 4 is 28.7 Å². The number of carbonyl (C=O) groups excluding carboxylic acids is 2. The van der Waals surface area contributed by atoms with Gasteiger partial charge in [-0.1, -0.05) is 12.1 Å². The highest BCUT2D eigenvalue weighted by molar-refractivity contribution is 5.98. The minimum absolute atomic E-state index is 0.0423. The first kappa shape index (κ1) is 17.2. The summed E-state index contributed by atoms with van der Waals surface area (Å²) in [6.45, 7) is -0.276. The van der Waals surface area contributed by atoms with Crippen molar-refractivity contribution in [3.63, 3.8) is 0 Å². The second-order valence-corrected chi connectivity index (χ2v) is 5.22. The molecule has 126 valence electrons. The van der Waals surface area contributed by atoms with E-state index in [-0.39, 0.29) is 25.1 Å². The van der Waals surface area contributed by atoms with Gasteiger partial charge < -0.3 is 20.3 Å². The predicted molar refractivity (Wildman–Crippen MR) is 86.8 cm³/mol. The SMILES string of the molecule is CN(CCC(=O)O)C(=O)CNC(=O)c1c[nH]c2ccccc2c1=O. The molecule has 8 heteroatoms. The van der Waals surface area contributed by atoms with Crippen molar-refractivity contribution in [2.45, 2.75) is 6.42 Å². The number of fused-ring (bicyclic) bond motifs is 1. The van der Waals surface area contributed by atoms with Crippen molar-refractivity contribution in [2.24, 2.45) is 0 Å². The molecule has 2 aromatic rings. The zero-order valence-corrected chi connectivity index (χ0v) is 13.0. The molecule has 0 aliphatic rings. The molecule has 0 spiro atoms. The highest BCUT2D eigenvalue weighted by atomic mass is 16.4. The number of nitrogens with one attached hydrogen (secondary N) is 2. The number of aliphatic carboxylic acids is 1. The molecule has 0 fully saturated rings. The number of hydrogen-bond donors (Lipinski definition) is 3. The highest BCUT2D eigenvalue weighted by Crippen LogP contribution is 2.06. The van der Waals surface area contributed by atoms with Crippen LogP contribution in [0.4, 0.5) is 0 Å². The van der Waals surface area contributed by atoms with Gasteiger partial charge in [0.1, 0.15) is 5.56 Å². The van der Waals surface area contributed by atoms with Crippen molar-refractivity contribution in [2.75, 3.05) is 20.1 Å². The maximum Gasteiger partial charge on any atom is 0.305 e. The van der Waals surface area contributed by atoms with Crippen LogP contribution < -0.4 is 10.7 Å². The number of hydrogen-bond acceptors (Lipinski definition) is 4. The number of carboxylic acids is 1. The number of pyridine rings is 1. The van der Waals surface area contributed by atoms with E-state index in [2.05, 4.69) is 10.3 Å². The quantitative estimate of drug-likeness (QED) is 0.698. The Bertz CT molecular complexity index is 843. The average Bonchev–Trinajstić information content (AvgIpc) is 2.57. The van der Waals surface area contributed by atoms with Crippen LogP contribution in [-0.2, 0) is 9.59 Å². The normalized spacial score (nSPS) is 10.4. The number of benzene rings is 1. The van der Waals surface area contributed by atoms with Crippen LogP contribution >= 0.6 is 0 Å². The first-order valence-electron chi connectivity index (χ1n) is 7.24. The van der Waals surface area contributed by atoms with Gasteiger partial charge in [-0.2, -0.15) is 0 Å². The molecule has 1 aromatic carbocycles. The Balaban J connectivity index is 2.03. The molecule has 1 heterocycles. The number of amides is 2. The molecule has 2 rings (SSSR count). The van der Waals surface area contributed by atoms with Gasteiger partial charge in [-0.05, 0) is 12.1 Å². The van der Waals surface area contributed by atoms with E-state index in [9.17, 15) is 19.2 Å². The lowest BCUT2D eigenvalue weighted by molar-refractivity contribution is -0.138. The molecule has 0 saturated carbocycles. The summed E-state index contributed by atoms with van der Waals surface area (Å²) in [7, 11) is 1.44. The largest absolute Gasteiger partial charge is 0.481 e. The Labute approximate surface area is 137 Å². The van der Waals surface area contributed by atoms with Gasteiger partial charge in [0.05, 0.1) is 13.0 Å². The van der Waals surface area contributed by atoms with E-state index >= 15 is 0 Å². The number of likely N-dealkylation sites (N-methyl/N-ethyl adjacent to an activating group) is 1. The van der Waals surface area contributed by atoms with E-state index in [4.69, 9.17) is 5.11 Å². The van der Waals surface area contributed by atoms with E-state index in [1.807, 2.05) is 0 Å². The Morgan fingerprint density at radius 1 is 1.25 bits per heavy atom. The van der Waals surface area contributed by atoms with Crippen LogP contribution in [0, 0.1) is 0 Å². The van der Waals surface area contributed by atoms with Gasteiger partial charge in [0.2, 0.25) is 11.3 Å². The first-order valence-corrected chi connectivity index (χ1v) is 7.24. The van der Waals surface area contributed by atoms with Crippen LogP contribution in [0.1, 0.15) is 16.8 Å². The number of H-pyrrole nitrogens is 1. The van der Waals surface area contributed by atoms with Gasteiger partial charge in [-0.3, -0.25) is 19.2 Å². The maximum atomic E-state index is 12.3. The molecule has 0 radical (unpaired) electrons. The van der Waals surface area contributed by atoms with Crippen molar-refractivity contribution < 1.29 is 19.5 Å². The van der Waals surface area contributed by atoms with Gasteiger partial charge in [-0.15, -0.1) is 0 Å². The molecular formula is C16H17N3O5. The third kappa shape index (κ3) is 3.97. The summed E-state index contributed by atoms with van der Waals surface area (Å²) < 4.78 is 0. The number of carboxylic acid groups (broad SMARTS) is 1. The summed E-state index contributed by atoms with van der Waals surface area (Å²) in [6, 6.07) is 6.79. The Morgan fingerprint density at radius 2 is 1.96 bits per heavy atom. The molecule has 24 heavy (non-hydrogen) atoms. The van der Waals surface area contributed by atoms with Crippen molar-refractivity contribution in [1.82, 2.24) is 15.2 Å². The summed E-state index contributed by atoms with van der Waals surface area (Å²) in [4.78, 5) is 50.8. The molecule has 3 N–H and O–H groups in total. The molecule has 0 bridgehead atoms. The third-order valence-electron chi connectivity index (χ3n) is 3.52. The molecule has 8 nitrogen and oxygen atoms in total. The van der Waals surface area contributed by atoms with Gasteiger partial charge in [0, 0.05) is 30.7 Å². The molecule has 0 unspecified atom stereocenters. The van der Waals surface area contributed by atoms with Crippen molar-refractivity contribution in [3.05, 3.63) is 46.2 Å². The summed E-state index contributed by atoms with van der Waals surface area (Å²) in [5.41, 5.74) is 0.103. The topological polar surface area (TPSA) is 120 Å². The summed E-state index contributed by atoms with van der Waals surface area (Å²) in [5, 5.41) is 11.3. The molecule has 0 saturated heterocycles. The number of nitrogens with zero attached hydrogens (tertiary/aromatic N) is 1. The van der Waals surface area contributed by atoms with E-state index in [0.29, 0.717) is 10.9 Å². The molecule has 2 amide bonds. The van der Waals surface area contributed by atoms with Gasteiger partial charge in [0.15, 0.2) is 0 Å². The second kappa shape index (κ2) is 7.40. The smallest absolute Gasteiger partial charge is 0.305 e. The fourth-order valence-corrected chi connectivity index (χ4v) is 2.11.